The van der Waals surface area contributed by atoms with Crippen molar-refractivity contribution in [3.05, 3.63) is 106 Å². The molecule has 11 nitrogen and oxygen atoms in total. The Balaban J connectivity index is 0.901. The van der Waals surface area contributed by atoms with Gasteiger partial charge in [0.25, 0.3) is 11.8 Å². The third-order valence-electron chi connectivity index (χ3n) is 10.5. The molecule has 0 fully saturated rings. The van der Waals surface area contributed by atoms with Crippen LogP contribution in [0.2, 0.25) is 0 Å². The van der Waals surface area contributed by atoms with Crippen LogP contribution in [0.15, 0.2) is 94.1 Å². The standard InChI is InChI=1S/C43H45N5O6/c1-26(2)46-31-12-10-27(11-13-31)30-17-33-23-45-37-21-41(39(52-4)19-35(37)43(50)48(33)25-30)54-15-7-14-53-40-20-36-34(18-38(40)51-3)42(49)47-24-29-9-6-5-8-28(29)16-32(47)22-44-36/h5-6,8-12,18-23,25-26,31-33,46H,7,13-17,24H2,1-4H3/t31?,32-,33?/m0/s1. The summed E-state index contributed by atoms with van der Waals surface area (Å²) in [4.78, 5) is 40.7. The van der Waals surface area contributed by atoms with E-state index in [1.54, 1.807) is 43.4 Å². The maximum absolute atomic E-state index is 13.8. The van der Waals surface area contributed by atoms with Gasteiger partial charge in [0.15, 0.2) is 23.0 Å². The molecule has 0 saturated carbocycles. The summed E-state index contributed by atoms with van der Waals surface area (Å²) in [7, 11) is 3.12. The number of hydrogen-bond acceptors (Lipinski definition) is 9. The lowest BCUT2D eigenvalue weighted by Gasteiger charge is -2.34. The van der Waals surface area contributed by atoms with Crippen LogP contribution in [-0.2, 0) is 13.0 Å². The molecule has 2 amide bonds. The molecule has 3 aromatic carbocycles. The normalized spacial score (nSPS) is 20.9. The maximum Gasteiger partial charge on any atom is 0.260 e. The molecular formula is C43H45N5O6. The van der Waals surface area contributed by atoms with Crippen LogP contribution in [0.5, 0.6) is 23.0 Å². The molecular weight excluding hydrogens is 683 g/mol. The summed E-state index contributed by atoms with van der Waals surface area (Å²) < 4.78 is 23.6. The third kappa shape index (κ3) is 6.91. The monoisotopic (exact) mass is 727 g/mol. The van der Waals surface area contributed by atoms with Gasteiger partial charge in [0.2, 0.25) is 0 Å². The van der Waals surface area contributed by atoms with Gasteiger partial charge in [-0.1, -0.05) is 56.3 Å². The molecule has 2 unspecified atom stereocenters. The highest BCUT2D eigenvalue weighted by molar-refractivity contribution is 6.05. The number of benzene rings is 3. The van der Waals surface area contributed by atoms with Crippen LogP contribution >= 0.6 is 0 Å². The number of allylic oxidation sites excluding steroid dienone is 2. The number of carbonyl (C=O) groups excluding carboxylic acids is 2. The molecule has 0 aromatic heterocycles. The fourth-order valence-corrected chi connectivity index (χ4v) is 7.73. The van der Waals surface area contributed by atoms with Crippen LogP contribution in [0.25, 0.3) is 0 Å². The van der Waals surface area contributed by atoms with E-state index >= 15 is 0 Å². The van der Waals surface area contributed by atoms with Crippen LogP contribution in [0.1, 0.15) is 65.0 Å². The summed E-state index contributed by atoms with van der Waals surface area (Å²) in [6, 6.07) is 15.6. The summed E-state index contributed by atoms with van der Waals surface area (Å²) in [5, 5.41) is 3.55. The zero-order valence-corrected chi connectivity index (χ0v) is 31.1. The first-order chi connectivity index (χ1) is 26.3. The Morgan fingerprint density at radius 1 is 0.815 bits per heavy atom. The van der Waals surface area contributed by atoms with E-state index in [1.807, 2.05) is 35.7 Å². The van der Waals surface area contributed by atoms with E-state index in [0.29, 0.717) is 90.2 Å². The topological polar surface area (TPSA) is 114 Å². The van der Waals surface area contributed by atoms with E-state index in [0.717, 1.165) is 29.6 Å². The first kappa shape index (κ1) is 35.4. The van der Waals surface area contributed by atoms with Crippen LogP contribution in [0.4, 0.5) is 11.4 Å². The molecule has 11 heteroatoms. The Morgan fingerprint density at radius 2 is 1.46 bits per heavy atom. The van der Waals surface area contributed by atoms with E-state index in [2.05, 4.69) is 49.5 Å². The second kappa shape index (κ2) is 15.0. The molecule has 8 rings (SSSR count). The van der Waals surface area contributed by atoms with Crippen molar-refractivity contribution in [3.63, 3.8) is 0 Å². The number of hydrogen-bond donors (Lipinski definition) is 1. The Bertz CT molecular complexity index is 2130. The number of ether oxygens (including phenoxy) is 4. The zero-order valence-electron chi connectivity index (χ0n) is 31.1. The lowest BCUT2D eigenvalue weighted by atomic mass is 9.94. The number of fused-ring (bicyclic) bond motifs is 5. The van der Waals surface area contributed by atoms with Crippen molar-refractivity contribution in [3.8, 4) is 23.0 Å². The van der Waals surface area contributed by atoms with Crippen molar-refractivity contribution >= 4 is 35.6 Å². The van der Waals surface area contributed by atoms with Gasteiger partial charge in [-0.15, -0.1) is 0 Å². The first-order valence-corrected chi connectivity index (χ1v) is 18.6. The Hall–Kier alpha value is -5.68. The molecule has 5 aliphatic rings. The minimum atomic E-state index is -0.166. The third-order valence-corrected chi connectivity index (χ3v) is 10.5. The molecule has 278 valence electrons. The Morgan fingerprint density at radius 3 is 2.09 bits per heavy atom. The number of carbonyl (C=O) groups is 2. The van der Waals surface area contributed by atoms with Gasteiger partial charge in [-0.05, 0) is 47.2 Å². The maximum atomic E-state index is 13.8. The average Bonchev–Trinajstić information content (AvgIpc) is 3.51. The van der Waals surface area contributed by atoms with E-state index in [1.165, 1.54) is 5.56 Å². The van der Waals surface area contributed by atoms with E-state index in [9.17, 15) is 9.59 Å². The lowest BCUT2D eigenvalue weighted by molar-refractivity contribution is 0.0702. The van der Waals surface area contributed by atoms with Gasteiger partial charge >= 0.3 is 0 Å². The van der Waals surface area contributed by atoms with Crippen LogP contribution < -0.4 is 24.3 Å². The van der Waals surface area contributed by atoms with Gasteiger partial charge in [0, 0.05) is 62.2 Å². The SMILES string of the molecule is COc1cc2c(cc1OCCCOc1cc3c(cc1OC)C(=O)N1Cc4ccccc4C[C@H]1C=N3)N=CC1CC(C3=CCC(NC(C)C)C=C3)=CN1C2=O. The highest BCUT2D eigenvalue weighted by Gasteiger charge is 2.35. The summed E-state index contributed by atoms with van der Waals surface area (Å²) >= 11 is 0. The molecule has 1 aliphatic carbocycles. The first-order valence-electron chi connectivity index (χ1n) is 18.6. The number of aliphatic imine (C=N–C) groups is 2. The smallest absolute Gasteiger partial charge is 0.260 e. The summed E-state index contributed by atoms with van der Waals surface area (Å²) in [5.74, 6) is 1.71. The Labute approximate surface area is 315 Å². The summed E-state index contributed by atoms with van der Waals surface area (Å²) in [5.41, 5.74) is 6.72. The van der Waals surface area contributed by atoms with Crippen LogP contribution in [0, 0.1) is 0 Å². The van der Waals surface area contributed by atoms with E-state index < -0.39 is 0 Å². The molecule has 3 atom stereocenters. The van der Waals surface area contributed by atoms with Crippen molar-refractivity contribution < 1.29 is 28.5 Å². The molecule has 54 heavy (non-hydrogen) atoms. The second-order valence-electron chi connectivity index (χ2n) is 14.4. The number of nitrogens with zero attached hydrogens (tertiary/aromatic N) is 4. The average molecular weight is 728 g/mol. The van der Waals surface area contributed by atoms with Crippen LogP contribution in [0.3, 0.4) is 0 Å². The molecule has 1 N–H and O–H groups in total. The van der Waals surface area contributed by atoms with Crippen molar-refractivity contribution in [1.82, 2.24) is 15.1 Å². The van der Waals surface area contributed by atoms with Gasteiger partial charge in [0.1, 0.15) is 0 Å². The minimum Gasteiger partial charge on any atom is -0.493 e. The van der Waals surface area contributed by atoms with Crippen molar-refractivity contribution in [2.24, 2.45) is 9.98 Å². The minimum absolute atomic E-state index is 0.0785. The molecule has 0 saturated heterocycles. The fraction of sp³-hybridized carbons (Fsp3) is 0.349. The predicted molar refractivity (Wildman–Crippen MR) is 208 cm³/mol. The summed E-state index contributed by atoms with van der Waals surface area (Å²) in [6.45, 7) is 5.48. The number of nitrogens with one attached hydrogen (secondary N) is 1. The molecule has 4 heterocycles. The highest BCUT2D eigenvalue weighted by Crippen LogP contribution is 2.41. The van der Waals surface area contributed by atoms with E-state index in [-0.39, 0.29) is 23.9 Å². The van der Waals surface area contributed by atoms with Crippen LogP contribution in [-0.4, -0.2) is 85.6 Å². The number of methoxy groups -OCH3 is 2. The van der Waals surface area contributed by atoms with Gasteiger partial charge in [-0.2, -0.15) is 0 Å². The lowest BCUT2D eigenvalue weighted by Crippen LogP contribution is -2.44. The summed E-state index contributed by atoms with van der Waals surface area (Å²) in [6.07, 6.45) is 15.2. The van der Waals surface area contributed by atoms with Gasteiger partial charge in [-0.25, -0.2) is 0 Å². The van der Waals surface area contributed by atoms with Crippen molar-refractivity contribution in [2.45, 2.75) is 70.2 Å². The quantitative estimate of drug-likeness (QED) is 0.214. The van der Waals surface area contributed by atoms with Gasteiger partial charge in [0.05, 0.1) is 62.0 Å². The second-order valence-corrected chi connectivity index (χ2v) is 14.4. The molecule has 0 bridgehead atoms. The molecule has 3 aromatic rings. The van der Waals surface area contributed by atoms with Gasteiger partial charge in [-0.3, -0.25) is 19.6 Å². The Kier molecular flexibility index (Phi) is 9.81. The molecule has 0 radical (unpaired) electrons. The number of amides is 2. The largest absolute Gasteiger partial charge is 0.493 e. The van der Waals surface area contributed by atoms with Gasteiger partial charge < -0.3 is 34.1 Å². The van der Waals surface area contributed by atoms with E-state index in [4.69, 9.17) is 28.9 Å². The predicted octanol–water partition coefficient (Wildman–Crippen LogP) is 6.90. The van der Waals surface area contributed by atoms with Crippen molar-refractivity contribution in [2.75, 3.05) is 27.4 Å². The molecule has 0 spiro atoms. The number of rotatable bonds is 11. The fourth-order valence-electron chi connectivity index (χ4n) is 7.73. The zero-order chi connectivity index (χ0) is 37.3. The molecule has 4 aliphatic heterocycles. The highest BCUT2D eigenvalue weighted by atomic mass is 16.5. The van der Waals surface area contributed by atoms with Crippen molar-refractivity contribution in [1.29, 1.82) is 0 Å².